The molecule has 0 aliphatic rings. The Hall–Kier alpha value is -3.91. The summed E-state index contributed by atoms with van der Waals surface area (Å²) in [6.45, 7) is 4.54. The van der Waals surface area contributed by atoms with E-state index in [4.69, 9.17) is 14.6 Å². The zero-order valence-corrected chi connectivity index (χ0v) is 18.3. The lowest BCUT2D eigenvalue weighted by Gasteiger charge is -2.05. The fourth-order valence-corrected chi connectivity index (χ4v) is 3.26. The molecule has 0 unspecified atom stereocenters. The molecule has 0 fully saturated rings. The lowest BCUT2D eigenvalue weighted by Crippen LogP contribution is -2.22. The molecule has 0 saturated heterocycles. The maximum absolute atomic E-state index is 12.4. The van der Waals surface area contributed by atoms with Crippen molar-refractivity contribution in [3.05, 3.63) is 65.8 Å². The molecule has 8 nitrogen and oxygen atoms in total. The second-order valence-corrected chi connectivity index (χ2v) is 7.41. The van der Waals surface area contributed by atoms with Crippen LogP contribution in [0.3, 0.4) is 0 Å². The van der Waals surface area contributed by atoms with Gasteiger partial charge in [0.05, 0.1) is 0 Å². The summed E-state index contributed by atoms with van der Waals surface area (Å²) in [4.78, 5) is 35.3. The highest BCUT2D eigenvalue weighted by molar-refractivity contribution is 5.98. The van der Waals surface area contributed by atoms with E-state index in [0.29, 0.717) is 47.2 Å². The predicted octanol–water partition coefficient (Wildman–Crippen LogP) is 4.38. The number of amides is 2. The van der Waals surface area contributed by atoms with E-state index < -0.39 is 0 Å². The summed E-state index contributed by atoms with van der Waals surface area (Å²) in [5, 5.41) is 6.31. The van der Waals surface area contributed by atoms with Gasteiger partial charge in [-0.1, -0.05) is 25.2 Å². The van der Waals surface area contributed by atoms with Crippen LogP contribution >= 0.6 is 0 Å². The summed E-state index contributed by atoms with van der Waals surface area (Å²) >= 11 is 0. The summed E-state index contributed by atoms with van der Waals surface area (Å²) in [6, 6.07) is 8.44. The van der Waals surface area contributed by atoms with E-state index >= 15 is 0 Å². The highest BCUT2D eigenvalue weighted by Gasteiger charge is 2.13. The first-order chi connectivity index (χ1) is 16.0. The van der Waals surface area contributed by atoms with Crippen LogP contribution in [-0.2, 0) is 4.79 Å². The third-order valence-electron chi connectivity index (χ3n) is 4.93. The number of unbranched alkanes of at least 4 members (excludes halogenated alkanes) is 2. The van der Waals surface area contributed by atoms with Crippen molar-refractivity contribution < 1.29 is 23.2 Å². The van der Waals surface area contributed by atoms with Crippen molar-refractivity contribution in [3.63, 3.8) is 0 Å². The first kappa shape index (κ1) is 23.7. The van der Waals surface area contributed by atoms with Gasteiger partial charge in [-0.2, -0.15) is 0 Å². The standard InChI is InChI=1S/C25H27N3O5/c1-2-17-14-20(16-29)32-21(17)7-6-12-27-25(31)23-15-18-13-19(9-10-22(18)33-23)28-24(30)8-4-3-5-11-26/h2,6-7,9-10,13-16H,1,3-5,8,11-12,26H2,(H,27,31)(H,28,30)/b7-6-. The van der Waals surface area contributed by atoms with E-state index in [0.717, 1.165) is 19.3 Å². The number of fused-ring (bicyclic) bond motifs is 1. The molecule has 0 spiro atoms. The fraction of sp³-hybridized carbons (Fsp3) is 0.240. The van der Waals surface area contributed by atoms with Crippen molar-refractivity contribution in [1.29, 1.82) is 0 Å². The van der Waals surface area contributed by atoms with E-state index in [-0.39, 0.29) is 29.9 Å². The van der Waals surface area contributed by atoms with Gasteiger partial charge in [0.25, 0.3) is 5.91 Å². The molecule has 0 saturated carbocycles. The molecule has 172 valence electrons. The first-order valence-corrected chi connectivity index (χ1v) is 10.7. The molecule has 0 atom stereocenters. The highest BCUT2D eigenvalue weighted by atomic mass is 16.4. The van der Waals surface area contributed by atoms with Gasteiger partial charge in [-0.05, 0) is 55.8 Å². The molecule has 1 aromatic carbocycles. The van der Waals surface area contributed by atoms with Gasteiger partial charge in [0.2, 0.25) is 5.91 Å². The molecule has 0 aliphatic carbocycles. The molecule has 2 heterocycles. The molecule has 2 aromatic heterocycles. The number of furan rings is 2. The van der Waals surface area contributed by atoms with Crippen LogP contribution in [0.15, 0.2) is 51.8 Å². The monoisotopic (exact) mass is 449 g/mol. The minimum Gasteiger partial charge on any atom is -0.453 e. The van der Waals surface area contributed by atoms with Crippen molar-refractivity contribution in [2.24, 2.45) is 5.73 Å². The fourth-order valence-electron chi connectivity index (χ4n) is 3.26. The summed E-state index contributed by atoms with van der Waals surface area (Å²) < 4.78 is 11.0. The summed E-state index contributed by atoms with van der Waals surface area (Å²) in [5.41, 5.74) is 7.34. The Balaban J connectivity index is 1.56. The Morgan fingerprint density at radius 2 is 1.94 bits per heavy atom. The smallest absolute Gasteiger partial charge is 0.287 e. The molecule has 33 heavy (non-hydrogen) atoms. The van der Waals surface area contributed by atoms with Crippen LogP contribution in [0, 0.1) is 0 Å². The van der Waals surface area contributed by atoms with Gasteiger partial charge in [0.15, 0.2) is 17.8 Å². The zero-order valence-electron chi connectivity index (χ0n) is 18.3. The van der Waals surface area contributed by atoms with Gasteiger partial charge >= 0.3 is 0 Å². The number of benzene rings is 1. The first-order valence-electron chi connectivity index (χ1n) is 10.7. The Labute approximate surface area is 191 Å². The van der Waals surface area contributed by atoms with Gasteiger partial charge in [-0.15, -0.1) is 0 Å². The minimum absolute atomic E-state index is 0.0592. The lowest BCUT2D eigenvalue weighted by molar-refractivity contribution is -0.116. The lowest BCUT2D eigenvalue weighted by atomic mass is 10.2. The molecular weight excluding hydrogens is 422 g/mol. The van der Waals surface area contributed by atoms with Gasteiger partial charge in [0, 0.05) is 29.6 Å². The molecule has 0 bridgehead atoms. The van der Waals surface area contributed by atoms with Crippen molar-refractivity contribution in [2.75, 3.05) is 18.4 Å². The second-order valence-electron chi connectivity index (χ2n) is 7.41. The van der Waals surface area contributed by atoms with Crippen LogP contribution in [0.25, 0.3) is 23.1 Å². The summed E-state index contributed by atoms with van der Waals surface area (Å²) in [7, 11) is 0. The Kier molecular flexibility index (Phi) is 8.37. The zero-order chi connectivity index (χ0) is 23.6. The molecule has 8 heteroatoms. The maximum atomic E-state index is 12.4. The largest absolute Gasteiger partial charge is 0.453 e. The van der Waals surface area contributed by atoms with E-state index in [1.165, 1.54) is 0 Å². The van der Waals surface area contributed by atoms with Crippen LogP contribution in [0.4, 0.5) is 5.69 Å². The molecule has 3 rings (SSSR count). The van der Waals surface area contributed by atoms with E-state index in [2.05, 4.69) is 17.2 Å². The average molecular weight is 450 g/mol. The topological polar surface area (TPSA) is 128 Å². The number of anilines is 1. The quantitative estimate of drug-likeness (QED) is 0.278. The highest BCUT2D eigenvalue weighted by Crippen LogP contribution is 2.23. The predicted molar refractivity (Wildman–Crippen MR) is 128 cm³/mol. The molecular formula is C25H27N3O5. The van der Waals surface area contributed by atoms with Gasteiger partial charge in [0.1, 0.15) is 11.3 Å². The number of rotatable bonds is 12. The van der Waals surface area contributed by atoms with E-state index in [9.17, 15) is 14.4 Å². The third kappa shape index (κ3) is 6.54. The van der Waals surface area contributed by atoms with Gasteiger partial charge in [-0.25, -0.2) is 0 Å². The van der Waals surface area contributed by atoms with Crippen molar-refractivity contribution in [1.82, 2.24) is 5.32 Å². The molecule has 0 radical (unpaired) electrons. The average Bonchev–Trinajstić information content (AvgIpc) is 3.42. The number of aldehydes is 1. The Morgan fingerprint density at radius 1 is 1.09 bits per heavy atom. The minimum atomic E-state index is -0.377. The second kappa shape index (κ2) is 11.6. The molecule has 3 aromatic rings. The number of carbonyl (C=O) groups is 3. The Bertz CT molecular complexity index is 1170. The number of nitrogens with two attached hydrogens (primary N) is 1. The normalized spacial score (nSPS) is 11.1. The summed E-state index contributed by atoms with van der Waals surface area (Å²) in [6.07, 6.45) is 8.63. The van der Waals surface area contributed by atoms with E-state index in [1.54, 1.807) is 48.6 Å². The number of nitrogens with one attached hydrogen (secondary N) is 2. The van der Waals surface area contributed by atoms with E-state index in [1.807, 2.05) is 0 Å². The van der Waals surface area contributed by atoms with Gasteiger partial charge in [-0.3, -0.25) is 14.4 Å². The molecule has 4 N–H and O–H groups in total. The maximum Gasteiger partial charge on any atom is 0.287 e. The SMILES string of the molecule is C=Cc1cc(C=O)oc1/C=C\CNC(=O)c1cc2cc(NC(=O)CCCCCN)ccc2o1. The van der Waals surface area contributed by atoms with Gasteiger partial charge < -0.3 is 25.2 Å². The molecule has 0 aliphatic heterocycles. The van der Waals surface area contributed by atoms with Crippen LogP contribution < -0.4 is 16.4 Å². The van der Waals surface area contributed by atoms with Crippen LogP contribution in [0.2, 0.25) is 0 Å². The number of carbonyl (C=O) groups excluding carboxylic acids is 3. The third-order valence-corrected chi connectivity index (χ3v) is 4.93. The van der Waals surface area contributed by atoms with Crippen molar-refractivity contribution in [2.45, 2.75) is 25.7 Å². The number of hydrogen-bond donors (Lipinski definition) is 3. The Morgan fingerprint density at radius 3 is 2.70 bits per heavy atom. The van der Waals surface area contributed by atoms with Crippen LogP contribution in [0.1, 0.15) is 58.1 Å². The van der Waals surface area contributed by atoms with Crippen molar-refractivity contribution in [3.8, 4) is 0 Å². The van der Waals surface area contributed by atoms with Crippen LogP contribution in [0.5, 0.6) is 0 Å². The van der Waals surface area contributed by atoms with Crippen molar-refractivity contribution >= 4 is 46.9 Å². The molecule has 2 amide bonds. The van der Waals surface area contributed by atoms with Crippen LogP contribution in [-0.4, -0.2) is 31.2 Å². The number of hydrogen-bond acceptors (Lipinski definition) is 6. The summed E-state index contributed by atoms with van der Waals surface area (Å²) in [5.74, 6) is 0.420.